The van der Waals surface area contributed by atoms with Gasteiger partial charge in [0.25, 0.3) is 0 Å². The lowest BCUT2D eigenvalue weighted by atomic mass is 10.1. The van der Waals surface area contributed by atoms with Crippen molar-refractivity contribution >= 4 is 13.8 Å². The lowest BCUT2D eigenvalue weighted by Crippen LogP contribution is -2.29. The third-order valence-electron chi connectivity index (χ3n) is 8.81. The molecule has 0 bridgehead atoms. The fraction of sp³-hybridized carbons (Fsp3) is 0.681. The molecule has 0 radical (unpaired) electrons. The van der Waals surface area contributed by atoms with Crippen LogP contribution in [0.4, 0.5) is 0 Å². The lowest BCUT2D eigenvalue weighted by Gasteiger charge is -2.20. The van der Waals surface area contributed by atoms with Crippen molar-refractivity contribution in [2.75, 3.05) is 33.0 Å². The summed E-state index contributed by atoms with van der Waals surface area (Å²) in [5, 5.41) is 18.4. The number of hydrogen-bond donors (Lipinski definition) is 3. The molecule has 0 saturated carbocycles. The molecular weight excluding hydrogens is 739 g/mol. The van der Waals surface area contributed by atoms with E-state index in [1.807, 2.05) is 0 Å². The van der Waals surface area contributed by atoms with Gasteiger partial charge in [-0.3, -0.25) is 13.8 Å². The molecule has 0 aliphatic heterocycles. The highest BCUT2D eigenvalue weighted by Gasteiger charge is 2.26. The number of rotatable bonds is 41. The quantitative estimate of drug-likeness (QED) is 0.0239. The Morgan fingerprint density at radius 3 is 1.51 bits per heavy atom. The zero-order chi connectivity index (χ0) is 41.8. The van der Waals surface area contributed by atoms with Crippen LogP contribution >= 0.6 is 7.82 Å². The number of ether oxygens (including phenoxy) is 2. The molecule has 10 heteroatoms. The van der Waals surface area contributed by atoms with Crippen molar-refractivity contribution in [2.24, 2.45) is 0 Å². The van der Waals surface area contributed by atoms with Gasteiger partial charge in [-0.2, -0.15) is 0 Å². The molecule has 3 atom stereocenters. The summed E-state index contributed by atoms with van der Waals surface area (Å²) in [6.45, 7) is 3.24. The number of allylic oxidation sites excluding steroid dienone is 14. The first kappa shape index (κ1) is 54.6. The zero-order valence-corrected chi connectivity index (χ0v) is 36.7. The number of hydrogen-bond acceptors (Lipinski definition) is 8. The summed E-state index contributed by atoms with van der Waals surface area (Å²) in [5.74, 6) is -0.409. The second kappa shape index (κ2) is 43.2. The first-order valence-electron chi connectivity index (χ1n) is 22.1. The normalized spacial score (nSPS) is 14.8. The van der Waals surface area contributed by atoms with Crippen LogP contribution in [0.15, 0.2) is 85.1 Å². The molecule has 0 amide bonds. The average Bonchev–Trinajstić information content (AvgIpc) is 3.20. The van der Waals surface area contributed by atoms with Gasteiger partial charge in [-0.25, -0.2) is 4.57 Å². The lowest BCUT2D eigenvalue weighted by molar-refractivity contribution is -0.154. The third kappa shape index (κ3) is 43.1. The predicted octanol–water partition coefficient (Wildman–Crippen LogP) is 12.3. The van der Waals surface area contributed by atoms with Crippen molar-refractivity contribution in [2.45, 2.75) is 174 Å². The number of carbonyl (C=O) groups is 1. The fourth-order valence-electron chi connectivity index (χ4n) is 5.47. The third-order valence-corrected chi connectivity index (χ3v) is 9.77. The molecule has 0 rings (SSSR count). The van der Waals surface area contributed by atoms with E-state index in [-0.39, 0.29) is 13.0 Å². The fourth-order valence-corrected chi connectivity index (χ4v) is 6.26. The maximum atomic E-state index is 12.6. The van der Waals surface area contributed by atoms with Gasteiger partial charge in [0.15, 0.2) is 0 Å². The van der Waals surface area contributed by atoms with Crippen LogP contribution in [-0.4, -0.2) is 66.3 Å². The average molecular weight is 821 g/mol. The van der Waals surface area contributed by atoms with E-state index < -0.39 is 45.8 Å². The second-order valence-corrected chi connectivity index (χ2v) is 15.8. The summed E-state index contributed by atoms with van der Waals surface area (Å²) in [6, 6.07) is 0. The first-order valence-corrected chi connectivity index (χ1v) is 23.6. The maximum absolute atomic E-state index is 12.6. The molecule has 3 N–H and O–H groups in total. The zero-order valence-electron chi connectivity index (χ0n) is 35.8. The summed E-state index contributed by atoms with van der Waals surface area (Å²) < 4.78 is 33.3. The van der Waals surface area contributed by atoms with E-state index in [2.05, 4.69) is 98.9 Å². The Bertz CT molecular complexity index is 1160. The van der Waals surface area contributed by atoms with E-state index in [1.54, 1.807) is 0 Å². The number of phosphoric acid groups is 1. The van der Waals surface area contributed by atoms with Gasteiger partial charge in [0.05, 0.1) is 26.4 Å². The minimum Gasteiger partial charge on any atom is -0.457 e. The number of aliphatic hydroxyl groups excluding tert-OH is 2. The van der Waals surface area contributed by atoms with Crippen molar-refractivity contribution < 1.29 is 43.0 Å². The summed E-state index contributed by atoms with van der Waals surface area (Å²) in [6.07, 6.45) is 52.6. The number of carbonyl (C=O) groups excluding carboxylic acids is 1. The molecule has 328 valence electrons. The Morgan fingerprint density at radius 2 is 1.00 bits per heavy atom. The SMILES string of the molecule is CC/C=C\C/C=C\C/C=C\C/C=C\C/C=C\CCCCOCC(COP(=O)(O)OCC(O)CO)OC(=O)CCCCCCCCC/C=C\C/C=C\CCCCCC. The summed E-state index contributed by atoms with van der Waals surface area (Å²) in [4.78, 5) is 22.6. The number of aliphatic hydroxyl groups is 2. The number of unbranched alkanes of at least 4 members (excludes halogenated alkanes) is 13. The highest BCUT2D eigenvalue weighted by Crippen LogP contribution is 2.43. The van der Waals surface area contributed by atoms with E-state index in [0.29, 0.717) is 13.0 Å². The largest absolute Gasteiger partial charge is 0.472 e. The molecule has 0 aromatic heterocycles. The van der Waals surface area contributed by atoms with Gasteiger partial charge in [0.2, 0.25) is 0 Å². The summed E-state index contributed by atoms with van der Waals surface area (Å²) in [7, 11) is -4.54. The van der Waals surface area contributed by atoms with Crippen LogP contribution in [0, 0.1) is 0 Å². The summed E-state index contributed by atoms with van der Waals surface area (Å²) in [5.41, 5.74) is 0. The van der Waals surface area contributed by atoms with E-state index in [4.69, 9.17) is 23.6 Å². The number of esters is 1. The smallest absolute Gasteiger partial charge is 0.457 e. The van der Waals surface area contributed by atoms with Gasteiger partial charge in [-0.05, 0) is 89.9 Å². The molecule has 0 fully saturated rings. The van der Waals surface area contributed by atoms with E-state index >= 15 is 0 Å². The van der Waals surface area contributed by atoms with Gasteiger partial charge in [-0.1, -0.05) is 150 Å². The van der Waals surface area contributed by atoms with Crippen LogP contribution in [0.5, 0.6) is 0 Å². The minimum absolute atomic E-state index is 0.0116. The van der Waals surface area contributed by atoms with Crippen molar-refractivity contribution in [3.63, 3.8) is 0 Å². The van der Waals surface area contributed by atoms with Gasteiger partial charge in [0, 0.05) is 13.0 Å². The monoisotopic (exact) mass is 821 g/mol. The molecule has 9 nitrogen and oxygen atoms in total. The molecule has 57 heavy (non-hydrogen) atoms. The van der Waals surface area contributed by atoms with Crippen LogP contribution in [0.1, 0.15) is 162 Å². The topological polar surface area (TPSA) is 132 Å². The van der Waals surface area contributed by atoms with E-state index in [9.17, 15) is 19.4 Å². The van der Waals surface area contributed by atoms with Gasteiger partial charge < -0.3 is 24.6 Å². The molecular formula is C47H81O9P. The van der Waals surface area contributed by atoms with Crippen molar-refractivity contribution in [1.82, 2.24) is 0 Å². The van der Waals surface area contributed by atoms with Crippen molar-refractivity contribution in [3.8, 4) is 0 Å². The van der Waals surface area contributed by atoms with E-state index in [0.717, 1.165) is 83.5 Å². The molecule has 3 unspecified atom stereocenters. The van der Waals surface area contributed by atoms with Crippen LogP contribution in [0.3, 0.4) is 0 Å². The molecule has 0 saturated heterocycles. The molecule has 0 spiro atoms. The van der Waals surface area contributed by atoms with Gasteiger partial charge in [-0.15, -0.1) is 0 Å². The Kier molecular flexibility index (Phi) is 41.4. The van der Waals surface area contributed by atoms with Crippen LogP contribution < -0.4 is 0 Å². The number of phosphoric ester groups is 1. The first-order chi connectivity index (χ1) is 27.8. The second-order valence-electron chi connectivity index (χ2n) is 14.3. The summed E-state index contributed by atoms with van der Waals surface area (Å²) >= 11 is 0. The molecule has 0 aliphatic rings. The highest BCUT2D eigenvalue weighted by atomic mass is 31.2. The predicted molar refractivity (Wildman–Crippen MR) is 237 cm³/mol. The van der Waals surface area contributed by atoms with Crippen molar-refractivity contribution in [1.29, 1.82) is 0 Å². The maximum Gasteiger partial charge on any atom is 0.472 e. The Hall–Kier alpha value is -2.36. The molecule has 0 heterocycles. The molecule has 0 aliphatic carbocycles. The van der Waals surface area contributed by atoms with Crippen LogP contribution in [0.2, 0.25) is 0 Å². The Morgan fingerprint density at radius 1 is 0.561 bits per heavy atom. The minimum atomic E-state index is -4.54. The van der Waals surface area contributed by atoms with Crippen LogP contribution in [-0.2, 0) is 27.9 Å². The standard InChI is InChI=1S/C47H81O9P/c1-3-5-7-9-11-13-15-17-19-21-23-25-27-29-31-33-35-37-39-47(50)56-46(44-55-57(51,52)54-42-45(49)41-48)43-53-40-38-36-34-32-30-28-26-24-22-20-18-16-14-12-10-8-6-4-2/h6,8,12-15,18-21,24,26,30,32,45-46,48-49H,3-5,7,9-11,16-17,22-23,25,27-29,31,33-44H2,1-2H3,(H,51,52)/b8-6-,14-12-,15-13-,20-18-,21-19-,26-24-,32-30-. The molecule has 0 aromatic carbocycles. The Balaban J connectivity index is 4.28. The van der Waals surface area contributed by atoms with E-state index in [1.165, 1.54) is 51.4 Å². The van der Waals surface area contributed by atoms with Gasteiger partial charge >= 0.3 is 13.8 Å². The van der Waals surface area contributed by atoms with Gasteiger partial charge in [0.1, 0.15) is 12.2 Å². The molecule has 0 aromatic rings. The highest BCUT2D eigenvalue weighted by molar-refractivity contribution is 7.47. The van der Waals surface area contributed by atoms with Crippen LogP contribution in [0.25, 0.3) is 0 Å². The van der Waals surface area contributed by atoms with Crippen molar-refractivity contribution in [3.05, 3.63) is 85.1 Å². The Labute approximate surface area is 347 Å².